The van der Waals surface area contributed by atoms with Crippen molar-refractivity contribution < 1.29 is 27.5 Å². The maximum Gasteiger partial charge on any atom is 0.422 e. The molecular formula is C18H21N3O6S. The number of hydrogen-bond donors (Lipinski definition) is 3. The highest BCUT2D eigenvalue weighted by Gasteiger charge is 2.15. The lowest BCUT2D eigenvalue weighted by atomic mass is 10.2. The van der Waals surface area contributed by atoms with E-state index in [1.165, 1.54) is 0 Å². The molecule has 2 aromatic carbocycles. The van der Waals surface area contributed by atoms with Crippen LogP contribution in [0.2, 0.25) is 0 Å². The van der Waals surface area contributed by atoms with Gasteiger partial charge in [0.2, 0.25) is 0 Å². The second-order valence-corrected chi connectivity index (χ2v) is 7.05. The summed E-state index contributed by atoms with van der Waals surface area (Å²) in [6, 6.07) is 17.9. The summed E-state index contributed by atoms with van der Waals surface area (Å²) in [7, 11) is -4.11. The summed E-state index contributed by atoms with van der Waals surface area (Å²) in [5.41, 5.74) is 1.55. The minimum Gasteiger partial charge on any atom is -0.445 e. The summed E-state index contributed by atoms with van der Waals surface area (Å²) in [5, 5.41) is 2.39. The molecule has 0 aliphatic heterocycles. The second kappa shape index (κ2) is 10.9. The molecule has 0 saturated carbocycles. The van der Waals surface area contributed by atoms with Crippen LogP contribution in [0.5, 0.6) is 0 Å². The molecule has 0 aliphatic carbocycles. The van der Waals surface area contributed by atoms with Crippen molar-refractivity contribution in [3.05, 3.63) is 71.8 Å². The first kappa shape index (κ1) is 21.2. The van der Waals surface area contributed by atoms with Crippen LogP contribution in [0, 0.1) is 0 Å². The molecule has 0 saturated heterocycles. The van der Waals surface area contributed by atoms with Gasteiger partial charge in [0.1, 0.15) is 13.2 Å². The van der Waals surface area contributed by atoms with Crippen molar-refractivity contribution >= 4 is 22.4 Å². The summed E-state index contributed by atoms with van der Waals surface area (Å²) in [6.45, 7) is -0.112. The van der Waals surface area contributed by atoms with Gasteiger partial charge in [0.15, 0.2) is 0 Å². The van der Waals surface area contributed by atoms with Gasteiger partial charge >= 0.3 is 22.4 Å². The fraction of sp³-hybridized carbons (Fsp3) is 0.222. The van der Waals surface area contributed by atoms with Crippen molar-refractivity contribution in [2.45, 2.75) is 13.2 Å². The van der Waals surface area contributed by atoms with Gasteiger partial charge in [-0.25, -0.2) is 14.3 Å². The van der Waals surface area contributed by atoms with E-state index in [9.17, 15) is 18.0 Å². The van der Waals surface area contributed by atoms with E-state index in [-0.39, 0.29) is 26.3 Å². The summed E-state index contributed by atoms with van der Waals surface area (Å²) in [6.07, 6.45) is -1.79. The van der Waals surface area contributed by atoms with Crippen LogP contribution in [0.15, 0.2) is 60.7 Å². The smallest absolute Gasteiger partial charge is 0.422 e. The van der Waals surface area contributed by atoms with E-state index < -0.39 is 22.4 Å². The third-order valence-electron chi connectivity index (χ3n) is 3.33. The summed E-state index contributed by atoms with van der Waals surface area (Å²) in [5.74, 6) is 0. The van der Waals surface area contributed by atoms with Gasteiger partial charge in [-0.1, -0.05) is 60.7 Å². The highest BCUT2D eigenvalue weighted by atomic mass is 32.2. The van der Waals surface area contributed by atoms with E-state index in [0.29, 0.717) is 0 Å². The lowest BCUT2D eigenvalue weighted by Gasteiger charge is -2.10. The quantitative estimate of drug-likeness (QED) is 0.544. The van der Waals surface area contributed by atoms with Crippen molar-refractivity contribution in [2.24, 2.45) is 0 Å². The van der Waals surface area contributed by atoms with Gasteiger partial charge in [-0.3, -0.25) is 0 Å². The molecule has 9 nitrogen and oxygen atoms in total. The second-order valence-electron chi connectivity index (χ2n) is 5.55. The van der Waals surface area contributed by atoms with Crippen molar-refractivity contribution in [2.75, 3.05) is 13.1 Å². The Morgan fingerprint density at radius 3 is 1.79 bits per heavy atom. The Morgan fingerprint density at radius 1 is 0.750 bits per heavy atom. The molecule has 3 N–H and O–H groups in total. The zero-order valence-electron chi connectivity index (χ0n) is 15.0. The molecule has 2 aromatic rings. The number of nitrogens with one attached hydrogen (secondary N) is 3. The first-order valence-electron chi connectivity index (χ1n) is 8.37. The molecule has 2 amide bonds. The fourth-order valence-corrected chi connectivity index (χ4v) is 2.74. The Hall–Kier alpha value is -3.11. The van der Waals surface area contributed by atoms with Gasteiger partial charge in [0.25, 0.3) is 0 Å². The Labute approximate surface area is 163 Å². The molecule has 0 atom stereocenters. The van der Waals surface area contributed by atoms with Crippen molar-refractivity contribution in [3.63, 3.8) is 0 Å². The van der Waals surface area contributed by atoms with Gasteiger partial charge in [0.05, 0.1) is 0 Å². The fourth-order valence-electron chi connectivity index (χ4n) is 2.02. The van der Waals surface area contributed by atoms with Gasteiger partial charge in [-0.15, -0.1) is 0 Å². The predicted molar refractivity (Wildman–Crippen MR) is 101 cm³/mol. The minimum absolute atomic E-state index is 0.0202. The van der Waals surface area contributed by atoms with Crippen LogP contribution in [0.1, 0.15) is 11.1 Å². The van der Waals surface area contributed by atoms with Crippen LogP contribution in [0.25, 0.3) is 0 Å². The Bertz CT molecular complexity index is 859. The molecule has 0 radical (unpaired) electrons. The highest BCUT2D eigenvalue weighted by molar-refractivity contribution is 7.88. The Kier molecular flexibility index (Phi) is 8.25. The number of ether oxygens (including phenoxy) is 2. The standard InChI is InChI=1S/C18H21N3O6S/c22-17(26-13-15-7-3-1-4-8-15)19-11-12-20-28(24,25)21-18(23)27-14-16-9-5-2-6-10-16/h1-10,20H,11-14H2,(H,19,22)(H,21,23). The molecule has 2 rings (SSSR count). The average molecular weight is 407 g/mol. The van der Waals surface area contributed by atoms with Crippen LogP contribution in [0.4, 0.5) is 9.59 Å². The topological polar surface area (TPSA) is 123 Å². The molecular weight excluding hydrogens is 386 g/mol. The van der Waals surface area contributed by atoms with Gasteiger partial charge in [0, 0.05) is 13.1 Å². The maximum absolute atomic E-state index is 11.7. The summed E-state index contributed by atoms with van der Waals surface area (Å²) < 4.78 is 37.1. The molecule has 28 heavy (non-hydrogen) atoms. The van der Waals surface area contributed by atoms with Crippen molar-refractivity contribution in [1.82, 2.24) is 14.8 Å². The monoisotopic (exact) mass is 407 g/mol. The van der Waals surface area contributed by atoms with E-state index in [0.717, 1.165) is 11.1 Å². The van der Waals surface area contributed by atoms with Crippen LogP contribution < -0.4 is 14.8 Å². The van der Waals surface area contributed by atoms with Crippen LogP contribution in [-0.2, 0) is 32.9 Å². The van der Waals surface area contributed by atoms with E-state index >= 15 is 0 Å². The molecule has 0 fully saturated rings. The molecule has 0 unspecified atom stereocenters. The van der Waals surface area contributed by atoms with E-state index in [1.54, 1.807) is 29.0 Å². The first-order chi connectivity index (χ1) is 13.4. The third kappa shape index (κ3) is 8.52. The number of carbonyl (C=O) groups is 2. The highest BCUT2D eigenvalue weighted by Crippen LogP contribution is 2.01. The molecule has 0 bridgehead atoms. The van der Waals surface area contributed by atoms with Crippen LogP contribution >= 0.6 is 0 Å². The van der Waals surface area contributed by atoms with E-state index in [4.69, 9.17) is 9.47 Å². The number of amides is 2. The summed E-state index contributed by atoms with van der Waals surface area (Å²) >= 11 is 0. The zero-order chi connectivity index (χ0) is 20.2. The van der Waals surface area contributed by atoms with Crippen LogP contribution in [-0.4, -0.2) is 33.7 Å². The van der Waals surface area contributed by atoms with E-state index in [2.05, 4.69) is 10.0 Å². The number of alkyl carbamates (subject to hydrolysis) is 1. The van der Waals surface area contributed by atoms with Crippen LogP contribution in [0.3, 0.4) is 0 Å². The van der Waals surface area contributed by atoms with Gasteiger partial charge in [-0.05, 0) is 11.1 Å². The Morgan fingerprint density at radius 2 is 1.25 bits per heavy atom. The third-order valence-corrected chi connectivity index (χ3v) is 4.35. The first-order valence-corrected chi connectivity index (χ1v) is 9.85. The lowest BCUT2D eigenvalue weighted by Crippen LogP contribution is -2.43. The molecule has 10 heteroatoms. The number of carbonyl (C=O) groups excluding carboxylic acids is 2. The normalized spacial score (nSPS) is 10.7. The number of rotatable bonds is 9. The van der Waals surface area contributed by atoms with Gasteiger partial charge in [-0.2, -0.15) is 13.1 Å². The SMILES string of the molecule is O=C(NCCNS(=O)(=O)NC(=O)OCc1ccccc1)OCc1ccccc1. The average Bonchev–Trinajstić information content (AvgIpc) is 2.69. The number of benzene rings is 2. The lowest BCUT2D eigenvalue weighted by molar-refractivity contribution is 0.139. The summed E-state index contributed by atoms with van der Waals surface area (Å²) in [4.78, 5) is 23.1. The molecule has 0 aliphatic rings. The zero-order valence-corrected chi connectivity index (χ0v) is 15.8. The molecule has 0 spiro atoms. The van der Waals surface area contributed by atoms with E-state index in [1.807, 2.05) is 36.4 Å². The molecule has 0 aromatic heterocycles. The Balaban J connectivity index is 1.60. The largest absolute Gasteiger partial charge is 0.445 e. The number of hydrogen-bond acceptors (Lipinski definition) is 6. The minimum atomic E-state index is -4.11. The predicted octanol–water partition coefficient (Wildman–Crippen LogP) is 1.67. The molecule has 150 valence electrons. The van der Waals surface area contributed by atoms with Gasteiger partial charge < -0.3 is 14.8 Å². The maximum atomic E-state index is 11.7. The van der Waals surface area contributed by atoms with Crippen molar-refractivity contribution in [3.8, 4) is 0 Å². The van der Waals surface area contributed by atoms with Crippen molar-refractivity contribution in [1.29, 1.82) is 0 Å². The molecule has 0 heterocycles.